The zero-order valence-corrected chi connectivity index (χ0v) is 16.5. The Morgan fingerprint density at radius 2 is 2.07 bits per heavy atom. The molecule has 1 heterocycles. The van der Waals surface area contributed by atoms with Crippen molar-refractivity contribution in [2.45, 2.75) is 45.8 Å². The molecule has 0 radical (unpaired) electrons. The smallest absolute Gasteiger partial charge is 0.251 e. The molecular weight excluding hydrogens is 338 g/mol. The van der Waals surface area contributed by atoms with Crippen LogP contribution in [0.15, 0.2) is 54.6 Å². The predicted octanol–water partition coefficient (Wildman–Crippen LogP) is 4.98. The molecule has 1 aliphatic heterocycles. The minimum absolute atomic E-state index is 0.101. The van der Waals surface area contributed by atoms with Crippen LogP contribution in [0, 0.1) is 6.92 Å². The van der Waals surface area contributed by atoms with Gasteiger partial charge in [0, 0.05) is 17.5 Å². The molecule has 1 aliphatic rings. The second kappa shape index (κ2) is 7.47. The summed E-state index contributed by atoms with van der Waals surface area (Å²) in [5.41, 5.74) is 3.34. The average molecular weight is 365 g/mol. The third-order valence-electron chi connectivity index (χ3n) is 4.51. The van der Waals surface area contributed by atoms with Gasteiger partial charge in [0.05, 0.1) is 6.04 Å². The highest BCUT2D eigenvalue weighted by Crippen LogP contribution is 2.40. The Balaban J connectivity index is 1.81. The number of hydrogen-bond donors (Lipinski definition) is 1. The molecule has 2 aromatic carbocycles. The molecule has 1 amide bonds. The summed E-state index contributed by atoms with van der Waals surface area (Å²) < 4.78 is 11.7. The lowest BCUT2D eigenvalue weighted by Crippen LogP contribution is -2.41. The molecule has 0 fully saturated rings. The van der Waals surface area contributed by atoms with E-state index < -0.39 is 0 Å². The van der Waals surface area contributed by atoms with Crippen molar-refractivity contribution < 1.29 is 14.3 Å². The first-order valence-corrected chi connectivity index (χ1v) is 9.21. The third kappa shape index (κ3) is 4.70. The molecule has 4 nitrogen and oxygen atoms in total. The van der Waals surface area contributed by atoms with E-state index in [4.69, 9.17) is 9.47 Å². The molecule has 3 rings (SSSR count). The van der Waals surface area contributed by atoms with E-state index in [1.54, 1.807) is 12.1 Å². The first-order valence-electron chi connectivity index (χ1n) is 9.21. The number of benzene rings is 2. The van der Waals surface area contributed by atoms with Gasteiger partial charge in [0.2, 0.25) is 0 Å². The molecule has 1 atom stereocenters. The SMILES string of the molecule is C=C(C)COc1cccc(C(=O)NC2CC(C)(C)Oc3ccc(C)cc32)c1. The van der Waals surface area contributed by atoms with Crippen molar-refractivity contribution in [3.8, 4) is 11.5 Å². The van der Waals surface area contributed by atoms with Gasteiger partial charge in [-0.25, -0.2) is 0 Å². The van der Waals surface area contributed by atoms with Gasteiger partial charge in [-0.1, -0.05) is 30.3 Å². The Morgan fingerprint density at radius 1 is 1.30 bits per heavy atom. The Labute approximate surface area is 161 Å². The van der Waals surface area contributed by atoms with E-state index in [1.165, 1.54) is 0 Å². The summed E-state index contributed by atoms with van der Waals surface area (Å²) in [4.78, 5) is 12.9. The van der Waals surface area contributed by atoms with Crippen LogP contribution in [-0.2, 0) is 0 Å². The standard InChI is InChI=1S/C23H27NO3/c1-15(2)14-26-18-8-6-7-17(12-18)22(25)24-20-13-23(4,5)27-21-10-9-16(3)11-19(20)21/h6-12,20H,1,13-14H2,2-5H3,(H,24,25). The van der Waals surface area contributed by atoms with Gasteiger partial charge < -0.3 is 14.8 Å². The van der Waals surface area contributed by atoms with Crippen molar-refractivity contribution in [2.24, 2.45) is 0 Å². The second-order valence-corrected chi connectivity index (χ2v) is 7.91. The number of hydrogen-bond acceptors (Lipinski definition) is 3. The summed E-state index contributed by atoms with van der Waals surface area (Å²) in [6.07, 6.45) is 0.709. The molecule has 0 saturated carbocycles. The fourth-order valence-corrected chi connectivity index (χ4v) is 3.28. The van der Waals surface area contributed by atoms with Gasteiger partial charge in [0.15, 0.2) is 0 Å². The maximum absolute atomic E-state index is 12.9. The van der Waals surface area contributed by atoms with Crippen molar-refractivity contribution in [3.05, 3.63) is 71.3 Å². The van der Waals surface area contributed by atoms with E-state index >= 15 is 0 Å². The molecule has 2 aromatic rings. The Hall–Kier alpha value is -2.75. The first kappa shape index (κ1) is 19.0. The van der Waals surface area contributed by atoms with Crippen LogP contribution < -0.4 is 14.8 Å². The molecular formula is C23H27NO3. The second-order valence-electron chi connectivity index (χ2n) is 7.91. The summed E-state index contributed by atoms with van der Waals surface area (Å²) in [6.45, 7) is 12.3. The molecule has 0 aliphatic carbocycles. The van der Waals surface area contributed by atoms with Gasteiger partial charge in [-0.2, -0.15) is 0 Å². The number of rotatable bonds is 5. The number of aryl methyl sites for hydroxylation is 1. The lowest BCUT2D eigenvalue weighted by molar-refractivity contribution is 0.0619. The van der Waals surface area contributed by atoms with Crippen LogP contribution in [0.25, 0.3) is 0 Å². The fraction of sp³-hybridized carbons (Fsp3) is 0.348. The van der Waals surface area contributed by atoms with Crippen LogP contribution in [0.4, 0.5) is 0 Å². The van der Waals surface area contributed by atoms with Crippen LogP contribution >= 0.6 is 0 Å². The molecule has 4 heteroatoms. The number of carbonyl (C=O) groups excluding carboxylic acids is 1. The maximum atomic E-state index is 12.9. The third-order valence-corrected chi connectivity index (χ3v) is 4.51. The summed E-state index contributed by atoms with van der Waals surface area (Å²) in [5, 5.41) is 3.17. The molecule has 0 aromatic heterocycles. The van der Waals surface area contributed by atoms with Crippen molar-refractivity contribution in [1.29, 1.82) is 0 Å². The topological polar surface area (TPSA) is 47.6 Å². The number of ether oxygens (including phenoxy) is 2. The van der Waals surface area contributed by atoms with E-state index in [-0.39, 0.29) is 17.6 Å². The summed E-state index contributed by atoms with van der Waals surface area (Å²) in [6, 6.07) is 13.2. The Bertz CT molecular complexity index is 870. The molecule has 1 N–H and O–H groups in total. The van der Waals surface area contributed by atoms with Crippen LogP contribution in [-0.4, -0.2) is 18.1 Å². The van der Waals surface area contributed by atoms with Crippen molar-refractivity contribution in [3.63, 3.8) is 0 Å². The van der Waals surface area contributed by atoms with Crippen LogP contribution in [0.1, 0.15) is 54.7 Å². The van der Waals surface area contributed by atoms with Crippen molar-refractivity contribution >= 4 is 5.91 Å². The van der Waals surface area contributed by atoms with Gasteiger partial charge in [0.25, 0.3) is 5.91 Å². The zero-order chi connectivity index (χ0) is 19.6. The minimum atomic E-state index is -0.341. The molecule has 142 valence electrons. The maximum Gasteiger partial charge on any atom is 0.251 e. The van der Waals surface area contributed by atoms with Gasteiger partial charge in [-0.05, 0) is 57.5 Å². The molecule has 1 unspecified atom stereocenters. The van der Waals surface area contributed by atoms with Crippen LogP contribution in [0.2, 0.25) is 0 Å². The fourth-order valence-electron chi connectivity index (χ4n) is 3.28. The van der Waals surface area contributed by atoms with Crippen LogP contribution in [0.5, 0.6) is 11.5 Å². The lowest BCUT2D eigenvalue weighted by Gasteiger charge is -2.38. The monoisotopic (exact) mass is 365 g/mol. The van der Waals surface area contributed by atoms with E-state index in [1.807, 2.05) is 52.0 Å². The van der Waals surface area contributed by atoms with Gasteiger partial charge in [-0.3, -0.25) is 4.79 Å². The number of nitrogens with one attached hydrogen (secondary N) is 1. The average Bonchev–Trinajstić information content (AvgIpc) is 2.60. The summed E-state index contributed by atoms with van der Waals surface area (Å²) in [5.74, 6) is 1.38. The Kier molecular flexibility index (Phi) is 5.26. The van der Waals surface area contributed by atoms with E-state index in [0.29, 0.717) is 24.3 Å². The quantitative estimate of drug-likeness (QED) is 0.760. The van der Waals surface area contributed by atoms with E-state index in [9.17, 15) is 4.79 Å². The van der Waals surface area contributed by atoms with Crippen molar-refractivity contribution in [1.82, 2.24) is 5.32 Å². The molecule has 27 heavy (non-hydrogen) atoms. The highest BCUT2D eigenvalue weighted by atomic mass is 16.5. The predicted molar refractivity (Wildman–Crippen MR) is 107 cm³/mol. The van der Waals surface area contributed by atoms with Gasteiger partial charge in [0.1, 0.15) is 23.7 Å². The number of fused-ring (bicyclic) bond motifs is 1. The lowest BCUT2D eigenvalue weighted by atomic mass is 9.88. The minimum Gasteiger partial charge on any atom is -0.489 e. The molecule has 0 bridgehead atoms. The number of carbonyl (C=O) groups is 1. The largest absolute Gasteiger partial charge is 0.489 e. The first-order chi connectivity index (χ1) is 12.7. The van der Waals surface area contributed by atoms with Gasteiger partial charge in [-0.15, -0.1) is 0 Å². The Morgan fingerprint density at radius 3 is 2.81 bits per heavy atom. The highest BCUT2D eigenvalue weighted by molar-refractivity contribution is 5.94. The van der Waals surface area contributed by atoms with E-state index in [0.717, 1.165) is 22.4 Å². The zero-order valence-electron chi connectivity index (χ0n) is 16.5. The molecule has 0 spiro atoms. The molecule has 0 saturated heterocycles. The normalized spacial score (nSPS) is 17.4. The summed E-state index contributed by atoms with van der Waals surface area (Å²) in [7, 11) is 0. The van der Waals surface area contributed by atoms with E-state index in [2.05, 4.69) is 18.0 Å². The number of amides is 1. The van der Waals surface area contributed by atoms with Crippen LogP contribution in [0.3, 0.4) is 0 Å². The van der Waals surface area contributed by atoms with Crippen molar-refractivity contribution in [2.75, 3.05) is 6.61 Å². The summed E-state index contributed by atoms with van der Waals surface area (Å²) >= 11 is 0. The van der Waals surface area contributed by atoms with Gasteiger partial charge >= 0.3 is 0 Å². The highest BCUT2D eigenvalue weighted by Gasteiger charge is 2.34.